The van der Waals surface area contributed by atoms with Gasteiger partial charge in [0.05, 0.1) is 5.69 Å². The van der Waals surface area contributed by atoms with Crippen molar-refractivity contribution in [1.82, 2.24) is 15.0 Å². The molecule has 1 aromatic heterocycles. The zero-order valence-electron chi connectivity index (χ0n) is 14.3. The van der Waals surface area contributed by atoms with Gasteiger partial charge < -0.3 is 0 Å². The van der Waals surface area contributed by atoms with Crippen LogP contribution in [0, 0.1) is 13.8 Å². The summed E-state index contributed by atoms with van der Waals surface area (Å²) in [5.41, 5.74) is 7.61. The van der Waals surface area contributed by atoms with E-state index in [0.29, 0.717) is 0 Å². The maximum atomic E-state index is 4.50. The van der Waals surface area contributed by atoms with Gasteiger partial charge in [-0.15, -0.1) is 5.10 Å². The van der Waals surface area contributed by atoms with Gasteiger partial charge in [-0.1, -0.05) is 71.9 Å². The molecule has 25 heavy (non-hydrogen) atoms. The van der Waals surface area contributed by atoms with E-state index >= 15 is 0 Å². The molecule has 0 spiro atoms. The second-order valence-electron chi connectivity index (χ2n) is 6.20. The maximum Gasteiger partial charge on any atom is 0.121 e. The van der Waals surface area contributed by atoms with Crippen molar-refractivity contribution in [2.45, 2.75) is 13.8 Å². The number of aryl methyl sites for hydroxylation is 2. The van der Waals surface area contributed by atoms with Crippen LogP contribution in [0.1, 0.15) is 11.1 Å². The average Bonchev–Trinajstić information content (AvgIpc) is 3.10. The summed E-state index contributed by atoms with van der Waals surface area (Å²) in [6, 6.07) is 26.9. The van der Waals surface area contributed by atoms with E-state index < -0.39 is 0 Å². The van der Waals surface area contributed by atoms with Gasteiger partial charge in [0, 0.05) is 11.1 Å². The first-order valence-electron chi connectivity index (χ1n) is 8.38. The van der Waals surface area contributed by atoms with Crippen LogP contribution in [0.4, 0.5) is 0 Å². The number of rotatable bonds is 3. The maximum absolute atomic E-state index is 4.50. The molecule has 0 aliphatic rings. The summed E-state index contributed by atoms with van der Waals surface area (Å²) in [6.07, 6.45) is 0. The second kappa shape index (κ2) is 6.36. The van der Waals surface area contributed by atoms with Crippen molar-refractivity contribution >= 4 is 0 Å². The molecule has 0 aliphatic carbocycles. The highest BCUT2D eigenvalue weighted by Gasteiger charge is 2.17. The molecule has 4 aromatic rings. The third-order valence-electron chi connectivity index (χ3n) is 4.50. The van der Waals surface area contributed by atoms with Crippen molar-refractivity contribution in [2.24, 2.45) is 0 Å². The van der Waals surface area contributed by atoms with Crippen LogP contribution in [-0.2, 0) is 0 Å². The molecule has 3 heteroatoms. The fraction of sp³-hybridized carbons (Fsp3) is 0.0909. The fourth-order valence-electron chi connectivity index (χ4n) is 2.97. The zero-order chi connectivity index (χ0) is 17.2. The van der Waals surface area contributed by atoms with Gasteiger partial charge in [0.1, 0.15) is 11.4 Å². The van der Waals surface area contributed by atoms with E-state index in [1.807, 2.05) is 41.1 Å². The fourth-order valence-corrected chi connectivity index (χ4v) is 2.97. The van der Waals surface area contributed by atoms with Crippen LogP contribution in [-0.4, -0.2) is 15.0 Å². The van der Waals surface area contributed by atoms with Crippen molar-refractivity contribution < 1.29 is 0 Å². The number of hydrogen-bond acceptors (Lipinski definition) is 2. The van der Waals surface area contributed by atoms with Crippen LogP contribution in [0.2, 0.25) is 0 Å². The van der Waals surface area contributed by atoms with Gasteiger partial charge in [0.2, 0.25) is 0 Å². The highest BCUT2D eigenvalue weighted by molar-refractivity contribution is 5.79. The molecule has 0 unspecified atom stereocenters. The Kier molecular flexibility index (Phi) is 3.90. The molecule has 122 valence electrons. The van der Waals surface area contributed by atoms with Gasteiger partial charge in [0.25, 0.3) is 0 Å². The van der Waals surface area contributed by atoms with Gasteiger partial charge in [-0.2, -0.15) is 0 Å². The summed E-state index contributed by atoms with van der Waals surface area (Å²) < 4.78 is 1.93. The molecule has 0 N–H and O–H groups in total. The van der Waals surface area contributed by atoms with E-state index in [1.54, 1.807) is 0 Å². The first kappa shape index (κ1) is 15.3. The lowest BCUT2D eigenvalue weighted by atomic mass is 10.0. The van der Waals surface area contributed by atoms with E-state index in [-0.39, 0.29) is 0 Å². The first-order chi connectivity index (χ1) is 12.2. The molecule has 1 heterocycles. The summed E-state index contributed by atoms with van der Waals surface area (Å²) >= 11 is 0. The molecule has 0 atom stereocenters. The molecule has 0 amide bonds. The molecule has 0 radical (unpaired) electrons. The number of hydrogen-bond donors (Lipinski definition) is 0. The lowest BCUT2D eigenvalue weighted by molar-refractivity contribution is 0.807. The van der Waals surface area contributed by atoms with E-state index in [0.717, 1.165) is 28.2 Å². The minimum absolute atomic E-state index is 0.894. The second-order valence-corrected chi connectivity index (χ2v) is 6.20. The Balaban J connectivity index is 1.96. The van der Waals surface area contributed by atoms with E-state index in [9.17, 15) is 0 Å². The Labute approximate surface area is 147 Å². The number of benzene rings is 3. The summed E-state index contributed by atoms with van der Waals surface area (Å²) in [5.74, 6) is 0. The third-order valence-corrected chi connectivity index (χ3v) is 4.50. The van der Waals surface area contributed by atoms with Crippen molar-refractivity contribution in [3.05, 3.63) is 90.0 Å². The zero-order valence-corrected chi connectivity index (χ0v) is 14.3. The van der Waals surface area contributed by atoms with Crippen LogP contribution in [0.5, 0.6) is 0 Å². The molecular weight excluding hydrogens is 306 g/mol. The highest BCUT2D eigenvalue weighted by Crippen LogP contribution is 2.32. The molecule has 3 nitrogen and oxygen atoms in total. The molecule has 4 rings (SSSR count). The minimum Gasteiger partial charge on any atom is -0.212 e. The molecule has 0 aliphatic heterocycles. The Bertz CT molecular complexity index is 1000. The van der Waals surface area contributed by atoms with Crippen LogP contribution in [0.15, 0.2) is 78.9 Å². The predicted molar refractivity (Wildman–Crippen MR) is 102 cm³/mol. The minimum atomic E-state index is 0.894. The molecule has 0 saturated carbocycles. The van der Waals surface area contributed by atoms with Crippen molar-refractivity contribution in [1.29, 1.82) is 0 Å². The van der Waals surface area contributed by atoms with E-state index in [2.05, 4.69) is 66.6 Å². The third kappa shape index (κ3) is 2.85. The van der Waals surface area contributed by atoms with Crippen LogP contribution in [0.3, 0.4) is 0 Å². The predicted octanol–water partition coefficient (Wildman–Crippen LogP) is 5.22. The van der Waals surface area contributed by atoms with Gasteiger partial charge in [-0.3, -0.25) is 0 Å². The smallest absolute Gasteiger partial charge is 0.121 e. The topological polar surface area (TPSA) is 30.7 Å². The number of nitrogens with zero attached hydrogens (tertiary/aromatic N) is 3. The number of aromatic nitrogens is 3. The van der Waals surface area contributed by atoms with Gasteiger partial charge >= 0.3 is 0 Å². The van der Waals surface area contributed by atoms with Crippen LogP contribution < -0.4 is 0 Å². The average molecular weight is 325 g/mol. The monoisotopic (exact) mass is 325 g/mol. The van der Waals surface area contributed by atoms with Crippen molar-refractivity contribution in [2.75, 3.05) is 0 Å². The van der Waals surface area contributed by atoms with E-state index in [4.69, 9.17) is 0 Å². The normalized spacial score (nSPS) is 10.8. The summed E-state index contributed by atoms with van der Waals surface area (Å²) in [7, 11) is 0. The standard InChI is InChI=1S/C22H19N3/c1-16-13-14-20(15-17(16)2)25-22(19-11-7-4-8-12-19)21(23-24-25)18-9-5-3-6-10-18/h3-15H,1-2H3. The van der Waals surface area contributed by atoms with Gasteiger partial charge in [-0.05, 0) is 37.1 Å². The van der Waals surface area contributed by atoms with Crippen LogP contribution >= 0.6 is 0 Å². The molecule has 3 aromatic carbocycles. The molecule has 0 bridgehead atoms. The summed E-state index contributed by atoms with van der Waals surface area (Å²) in [6.45, 7) is 4.24. The van der Waals surface area contributed by atoms with Gasteiger partial charge in [-0.25, -0.2) is 4.68 Å². The molecular formula is C22H19N3. The Morgan fingerprint density at radius 1 is 0.680 bits per heavy atom. The lowest BCUT2D eigenvalue weighted by Crippen LogP contribution is -2.00. The Morgan fingerprint density at radius 2 is 1.32 bits per heavy atom. The summed E-state index contributed by atoms with van der Waals surface area (Å²) in [4.78, 5) is 0. The quantitative estimate of drug-likeness (QED) is 0.517. The molecule has 0 fully saturated rings. The first-order valence-corrected chi connectivity index (χ1v) is 8.38. The van der Waals surface area contributed by atoms with Crippen molar-refractivity contribution in [3.8, 4) is 28.2 Å². The largest absolute Gasteiger partial charge is 0.212 e. The Morgan fingerprint density at radius 3 is 1.96 bits per heavy atom. The van der Waals surface area contributed by atoms with Crippen molar-refractivity contribution in [3.63, 3.8) is 0 Å². The van der Waals surface area contributed by atoms with E-state index in [1.165, 1.54) is 11.1 Å². The van der Waals surface area contributed by atoms with Crippen LogP contribution in [0.25, 0.3) is 28.2 Å². The Hall–Kier alpha value is -3.20. The SMILES string of the molecule is Cc1ccc(-n2nnc(-c3ccccc3)c2-c2ccccc2)cc1C. The molecule has 0 saturated heterocycles. The lowest BCUT2D eigenvalue weighted by Gasteiger charge is -2.10. The highest BCUT2D eigenvalue weighted by atomic mass is 15.4. The van der Waals surface area contributed by atoms with Gasteiger partial charge in [0.15, 0.2) is 0 Å². The summed E-state index contributed by atoms with van der Waals surface area (Å²) in [5, 5.41) is 8.98.